The monoisotopic (exact) mass is 515 g/mol. The quantitative estimate of drug-likeness (QED) is 0.474. The van der Waals surface area contributed by atoms with E-state index in [9.17, 15) is 15.0 Å². The van der Waals surface area contributed by atoms with E-state index in [1.165, 1.54) is 11.2 Å². The van der Waals surface area contributed by atoms with Crippen LogP contribution in [-0.2, 0) is 4.79 Å². The van der Waals surface area contributed by atoms with Crippen molar-refractivity contribution in [2.24, 2.45) is 0 Å². The molecule has 0 unspecified atom stereocenters. The highest BCUT2D eigenvalue weighted by molar-refractivity contribution is 6.42. The lowest BCUT2D eigenvalue weighted by molar-refractivity contribution is -0.138. The molecule has 1 aromatic heterocycles. The van der Waals surface area contributed by atoms with Crippen molar-refractivity contribution in [3.8, 4) is 5.75 Å². The van der Waals surface area contributed by atoms with Crippen molar-refractivity contribution < 1.29 is 15.0 Å². The summed E-state index contributed by atoms with van der Waals surface area (Å²) in [6.07, 6.45) is 3.08. The standard InChI is InChI=1S/C25H27Cl2N5O3/c26-18-11-17-20(12-19(18)27)29-14-30-24(17)28-13-23(34)32-10-7-21(25(32)35)31-8-5-15(6-9-31)16-3-1-2-4-22(16)33/h1-4,11-12,14-15,21,25,33,35H,5-10,13H2,(H,28,29,30)/t21-,25+/m1/s1. The van der Waals surface area contributed by atoms with E-state index in [1.807, 2.05) is 18.2 Å². The van der Waals surface area contributed by atoms with E-state index in [1.54, 1.807) is 18.2 Å². The van der Waals surface area contributed by atoms with Gasteiger partial charge in [0.15, 0.2) is 0 Å². The van der Waals surface area contributed by atoms with Crippen molar-refractivity contribution in [2.45, 2.75) is 37.5 Å². The fourth-order valence-corrected chi connectivity index (χ4v) is 5.55. The number of halogens is 2. The van der Waals surface area contributed by atoms with Gasteiger partial charge >= 0.3 is 0 Å². The van der Waals surface area contributed by atoms with Gasteiger partial charge in [-0.25, -0.2) is 9.97 Å². The Morgan fingerprint density at radius 2 is 1.80 bits per heavy atom. The number of phenols is 1. The molecule has 3 aromatic rings. The predicted octanol–water partition coefficient (Wildman–Crippen LogP) is 3.85. The predicted molar refractivity (Wildman–Crippen MR) is 136 cm³/mol. The second kappa shape index (κ2) is 10.1. The molecule has 3 N–H and O–H groups in total. The minimum absolute atomic E-state index is 0.00844. The van der Waals surface area contributed by atoms with E-state index in [-0.39, 0.29) is 18.5 Å². The average molecular weight is 516 g/mol. The van der Waals surface area contributed by atoms with Crippen molar-refractivity contribution in [1.82, 2.24) is 19.8 Å². The number of carbonyl (C=O) groups is 1. The van der Waals surface area contributed by atoms with Crippen LogP contribution in [0.5, 0.6) is 5.75 Å². The molecule has 8 nitrogen and oxygen atoms in total. The molecule has 2 aliphatic heterocycles. The van der Waals surface area contributed by atoms with Gasteiger partial charge in [0.1, 0.15) is 24.1 Å². The SMILES string of the molecule is O=C(CNc1ncnc2cc(Cl)c(Cl)cc12)N1CC[C@@H](N2CCC(c3ccccc3O)CC2)[C@@H]1O. The summed E-state index contributed by atoms with van der Waals surface area (Å²) in [6, 6.07) is 10.7. The number of benzene rings is 2. The van der Waals surface area contributed by atoms with Crippen LogP contribution >= 0.6 is 23.2 Å². The number of aliphatic hydroxyl groups is 1. The number of anilines is 1. The first-order valence-corrected chi connectivity index (χ1v) is 12.5. The number of hydrogen-bond acceptors (Lipinski definition) is 7. The molecule has 0 spiro atoms. The molecule has 0 bridgehead atoms. The van der Waals surface area contributed by atoms with Gasteiger partial charge in [0, 0.05) is 11.9 Å². The third-order valence-corrected chi connectivity index (χ3v) is 7.83. The summed E-state index contributed by atoms with van der Waals surface area (Å²) in [6.45, 7) is 2.12. The van der Waals surface area contributed by atoms with Gasteiger partial charge < -0.3 is 20.4 Å². The van der Waals surface area contributed by atoms with Crippen LogP contribution in [0.1, 0.15) is 30.7 Å². The molecule has 0 radical (unpaired) electrons. The number of rotatable bonds is 5. The molecule has 3 heterocycles. The van der Waals surface area contributed by atoms with Crippen LogP contribution in [-0.4, -0.2) is 74.3 Å². The molecule has 1 amide bonds. The molecule has 2 saturated heterocycles. The van der Waals surface area contributed by atoms with Crippen LogP contribution in [0.15, 0.2) is 42.7 Å². The van der Waals surface area contributed by atoms with Crippen LogP contribution in [0, 0.1) is 0 Å². The molecule has 184 valence electrons. The maximum atomic E-state index is 13.0. The van der Waals surface area contributed by atoms with Gasteiger partial charge in [0.05, 0.1) is 28.1 Å². The van der Waals surface area contributed by atoms with Gasteiger partial charge in [-0.05, 0) is 62.0 Å². The summed E-state index contributed by atoms with van der Waals surface area (Å²) in [5.41, 5.74) is 1.61. The minimum Gasteiger partial charge on any atom is -0.508 e. The highest BCUT2D eigenvalue weighted by atomic mass is 35.5. The molecule has 2 aliphatic rings. The van der Waals surface area contributed by atoms with E-state index in [0.717, 1.165) is 37.9 Å². The molecule has 10 heteroatoms. The largest absolute Gasteiger partial charge is 0.508 e. The van der Waals surface area contributed by atoms with Gasteiger partial charge in [-0.2, -0.15) is 0 Å². The van der Waals surface area contributed by atoms with Crippen LogP contribution in [0.25, 0.3) is 10.9 Å². The third kappa shape index (κ3) is 4.89. The van der Waals surface area contributed by atoms with Gasteiger partial charge in [-0.3, -0.25) is 9.69 Å². The van der Waals surface area contributed by atoms with Crippen molar-refractivity contribution in [3.05, 3.63) is 58.3 Å². The van der Waals surface area contributed by atoms with E-state index in [2.05, 4.69) is 20.2 Å². The van der Waals surface area contributed by atoms with E-state index < -0.39 is 6.23 Å². The number of nitrogens with zero attached hydrogens (tertiary/aromatic N) is 4. The van der Waals surface area contributed by atoms with Crippen molar-refractivity contribution in [2.75, 3.05) is 31.5 Å². The number of aromatic nitrogens is 2. The topological polar surface area (TPSA) is 102 Å². The number of phenolic OH excluding ortho intramolecular Hbond substituents is 1. The maximum absolute atomic E-state index is 13.0. The lowest BCUT2D eigenvalue weighted by atomic mass is 9.88. The number of nitrogens with one attached hydrogen (secondary N) is 1. The smallest absolute Gasteiger partial charge is 0.243 e. The first-order chi connectivity index (χ1) is 16.9. The Hall–Kier alpha value is -2.65. The van der Waals surface area contributed by atoms with E-state index in [0.29, 0.717) is 45.0 Å². The molecule has 2 atom stereocenters. The van der Waals surface area contributed by atoms with Crippen molar-refractivity contribution in [1.29, 1.82) is 0 Å². The highest BCUT2D eigenvalue weighted by Gasteiger charge is 2.40. The molecule has 0 aliphatic carbocycles. The van der Waals surface area contributed by atoms with Crippen molar-refractivity contribution >= 4 is 45.8 Å². The number of aliphatic hydroxyl groups excluding tert-OH is 1. The Morgan fingerprint density at radius 3 is 2.57 bits per heavy atom. The summed E-state index contributed by atoms with van der Waals surface area (Å²) < 4.78 is 0. The second-order valence-corrected chi connectivity index (χ2v) is 9.90. The van der Waals surface area contributed by atoms with Gasteiger partial charge in [0.25, 0.3) is 0 Å². The summed E-state index contributed by atoms with van der Waals surface area (Å²) in [5, 5.41) is 25.7. The van der Waals surface area contributed by atoms with Crippen LogP contribution < -0.4 is 5.32 Å². The summed E-state index contributed by atoms with van der Waals surface area (Å²) in [7, 11) is 0. The van der Waals surface area contributed by atoms with E-state index >= 15 is 0 Å². The van der Waals surface area contributed by atoms with Crippen molar-refractivity contribution in [3.63, 3.8) is 0 Å². The number of hydrogen-bond donors (Lipinski definition) is 3. The lowest BCUT2D eigenvalue weighted by Crippen LogP contribution is -2.50. The zero-order valence-corrected chi connectivity index (χ0v) is 20.6. The fourth-order valence-electron chi connectivity index (χ4n) is 5.23. The van der Waals surface area contributed by atoms with Crippen LogP contribution in [0.2, 0.25) is 10.0 Å². The minimum atomic E-state index is -0.860. The normalized spacial score (nSPS) is 21.5. The Balaban J connectivity index is 1.18. The highest BCUT2D eigenvalue weighted by Crippen LogP contribution is 2.35. The maximum Gasteiger partial charge on any atom is 0.243 e. The number of amides is 1. The second-order valence-electron chi connectivity index (χ2n) is 9.09. The number of fused-ring (bicyclic) bond motifs is 1. The first-order valence-electron chi connectivity index (χ1n) is 11.8. The number of carbonyl (C=O) groups excluding carboxylic acids is 1. The number of likely N-dealkylation sites (tertiary alicyclic amines) is 2. The van der Waals surface area contributed by atoms with Gasteiger partial charge in [-0.1, -0.05) is 41.4 Å². The molecule has 2 aromatic carbocycles. The Kier molecular flexibility index (Phi) is 6.98. The number of piperidine rings is 1. The zero-order valence-electron chi connectivity index (χ0n) is 19.1. The van der Waals surface area contributed by atoms with Gasteiger partial charge in [0.2, 0.25) is 5.91 Å². The average Bonchev–Trinajstić information content (AvgIpc) is 3.25. The molecule has 35 heavy (non-hydrogen) atoms. The van der Waals surface area contributed by atoms with Crippen LogP contribution in [0.4, 0.5) is 5.82 Å². The van der Waals surface area contributed by atoms with E-state index in [4.69, 9.17) is 23.2 Å². The Morgan fingerprint density at radius 1 is 1.06 bits per heavy atom. The third-order valence-electron chi connectivity index (χ3n) is 7.11. The Bertz CT molecular complexity index is 1230. The Labute approximate surface area is 213 Å². The molecule has 0 saturated carbocycles. The lowest BCUT2D eigenvalue weighted by Gasteiger charge is -2.38. The molecular weight excluding hydrogens is 489 g/mol. The molecule has 5 rings (SSSR count). The zero-order chi connectivity index (χ0) is 24.5. The fraction of sp³-hybridized carbons (Fsp3) is 0.400. The summed E-state index contributed by atoms with van der Waals surface area (Å²) in [4.78, 5) is 25.2. The number of aromatic hydroxyl groups is 1. The first kappa shape index (κ1) is 24.1. The summed E-state index contributed by atoms with van der Waals surface area (Å²) >= 11 is 12.2. The summed E-state index contributed by atoms with van der Waals surface area (Å²) in [5.74, 6) is 0.936. The number of para-hydroxylation sites is 1. The van der Waals surface area contributed by atoms with Gasteiger partial charge in [-0.15, -0.1) is 0 Å². The van der Waals surface area contributed by atoms with Crippen LogP contribution in [0.3, 0.4) is 0 Å². The molecular formula is C25H27Cl2N5O3. The molecule has 2 fully saturated rings.